The van der Waals surface area contributed by atoms with Crippen molar-refractivity contribution in [3.8, 4) is 5.75 Å². The molecule has 1 aromatic heterocycles. The van der Waals surface area contributed by atoms with Crippen molar-refractivity contribution in [2.24, 2.45) is 0 Å². The Bertz CT molecular complexity index is 1030. The summed E-state index contributed by atoms with van der Waals surface area (Å²) in [4.78, 5) is 14.3. The molecule has 0 saturated carbocycles. The van der Waals surface area contributed by atoms with E-state index in [4.69, 9.17) is 4.74 Å². The summed E-state index contributed by atoms with van der Waals surface area (Å²) >= 11 is 0. The van der Waals surface area contributed by atoms with Crippen LogP contribution >= 0.6 is 0 Å². The minimum atomic E-state index is -3.98. The first kappa shape index (κ1) is 21.5. The molecule has 0 bridgehead atoms. The zero-order valence-corrected chi connectivity index (χ0v) is 17.6. The number of fused-ring (bicyclic) bond motifs is 1. The van der Waals surface area contributed by atoms with Crippen molar-refractivity contribution >= 4 is 10.0 Å². The summed E-state index contributed by atoms with van der Waals surface area (Å²) in [6.45, 7) is 1.57. The average molecular weight is 428 g/mol. The predicted molar refractivity (Wildman–Crippen MR) is 105 cm³/mol. The van der Waals surface area contributed by atoms with Crippen LogP contribution in [0.15, 0.2) is 27.9 Å². The van der Waals surface area contributed by atoms with Crippen molar-refractivity contribution in [3.05, 3.63) is 40.3 Å². The highest BCUT2D eigenvalue weighted by Gasteiger charge is 2.27. The van der Waals surface area contributed by atoms with E-state index in [-0.39, 0.29) is 16.3 Å². The smallest absolute Gasteiger partial charge is 0.345 e. The fraction of sp³-hybridized carbons (Fsp3) is 0.556. The average Bonchev–Trinajstić information content (AvgIpc) is 2.83. The minimum Gasteiger partial charge on any atom is -0.495 e. The van der Waals surface area contributed by atoms with Gasteiger partial charge in [-0.15, -0.1) is 0 Å². The summed E-state index contributed by atoms with van der Waals surface area (Å²) in [7, 11) is 1.20. The Morgan fingerprint density at radius 3 is 2.79 bits per heavy atom. The summed E-state index contributed by atoms with van der Waals surface area (Å²) < 4.78 is 49.9. The second-order valence-corrected chi connectivity index (χ2v) is 9.00. The highest BCUT2D eigenvalue weighted by Crippen LogP contribution is 2.25. The van der Waals surface area contributed by atoms with E-state index in [2.05, 4.69) is 9.82 Å². The van der Waals surface area contributed by atoms with Gasteiger partial charge in [-0.1, -0.05) is 0 Å². The molecule has 0 aliphatic carbocycles. The van der Waals surface area contributed by atoms with Gasteiger partial charge in [-0.25, -0.2) is 27.0 Å². The Hall–Kier alpha value is -2.24. The molecule has 1 aromatic carbocycles. The Morgan fingerprint density at radius 2 is 2.10 bits per heavy atom. The van der Waals surface area contributed by atoms with Gasteiger partial charge < -0.3 is 9.64 Å². The summed E-state index contributed by atoms with van der Waals surface area (Å²) in [6.07, 6.45) is 1.39. The number of benzene rings is 1. The Labute approximate surface area is 169 Å². The number of halogens is 1. The number of aromatic nitrogens is 3. The Kier molecular flexibility index (Phi) is 6.39. The molecule has 29 heavy (non-hydrogen) atoms. The summed E-state index contributed by atoms with van der Waals surface area (Å²) in [5.41, 5.74) is -0.183. The first-order valence-electron chi connectivity index (χ1n) is 9.38. The van der Waals surface area contributed by atoms with Crippen LogP contribution in [-0.4, -0.2) is 61.5 Å². The summed E-state index contributed by atoms with van der Waals surface area (Å²) in [6, 6.07) is 2.96. The third kappa shape index (κ3) is 4.85. The second kappa shape index (κ2) is 8.64. The first-order chi connectivity index (χ1) is 13.7. The number of hydrogen-bond acceptors (Lipinski definition) is 6. The maximum atomic E-state index is 13.6. The fourth-order valence-electron chi connectivity index (χ4n) is 3.33. The lowest BCUT2D eigenvalue weighted by atomic mass is 10.1. The highest BCUT2D eigenvalue weighted by atomic mass is 32.2. The molecule has 1 N–H and O–H groups in total. The molecule has 1 aliphatic heterocycles. The molecule has 0 fully saturated rings. The molecule has 3 rings (SSSR count). The molecule has 0 saturated heterocycles. The van der Waals surface area contributed by atoms with Crippen LogP contribution < -0.4 is 15.1 Å². The van der Waals surface area contributed by atoms with Gasteiger partial charge in [-0.05, 0) is 45.1 Å². The zero-order chi connectivity index (χ0) is 21.2. The Morgan fingerprint density at radius 1 is 1.34 bits per heavy atom. The van der Waals surface area contributed by atoms with Gasteiger partial charge >= 0.3 is 5.69 Å². The quantitative estimate of drug-likeness (QED) is 0.689. The van der Waals surface area contributed by atoms with Gasteiger partial charge in [0.1, 0.15) is 22.3 Å². The lowest BCUT2D eigenvalue weighted by Gasteiger charge is -2.17. The van der Waals surface area contributed by atoms with E-state index in [1.54, 1.807) is 4.57 Å². The van der Waals surface area contributed by atoms with E-state index in [0.717, 1.165) is 12.1 Å². The van der Waals surface area contributed by atoms with Gasteiger partial charge in [0, 0.05) is 25.6 Å². The van der Waals surface area contributed by atoms with Crippen LogP contribution in [0.3, 0.4) is 0 Å². The van der Waals surface area contributed by atoms with Crippen molar-refractivity contribution in [3.63, 3.8) is 0 Å². The highest BCUT2D eigenvalue weighted by molar-refractivity contribution is 7.89. The number of methoxy groups -OCH3 is 1. The summed E-state index contributed by atoms with van der Waals surface area (Å²) in [5.74, 6) is 0.0634. The van der Waals surface area contributed by atoms with Gasteiger partial charge in [0.25, 0.3) is 0 Å². The molecule has 0 spiro atoms. The van der Waals surface area contributed by atoms with E-state index < -0.39 is 21.9 Å². The van der Waals surface area contributed by atoms with Crippen LogP contribution in [0, 0.1) is 5.82 Å². The maximum absolute atomic E-state index is 13.6. The largest absolute Gasteiger partial charge is 0.495 e. The number of nitrogens with zero attached hydrogens (tertiary/aromatic N) is 4. The third-order valence-corrected chi connectivity index (χ3v) is 6.45. The van der Waals surface area contributed by atoms with Crippen LogP contribution in [0.25, 0.3) is 0 Å². The van der Waals surface area contributed by atoms with Crippen molar-refractivity contribution in [2.45, 2.75) is 43.3 Å². The van der Waals surface area contributed by atoms with E-state index in [9.17, 15) is 17.6 Å². The van der Waals surface area contributed by atoms with E-state index in [0.29, 0.717) is 44.7 Å². The number of likely N-dealkylation sites (N-methyl/N-ethyl adjacent to an activating group) is 1. The van der Waals surface area contributed by atoms with Crippen molar-refractivity contribution < 1.29 is 17.5 Å². The molecule has 11 heteroatoms. The molecule has 0 amide bonds. The van der Waals surface area contributed by atoms with Crippen molar-refractivity contribution in [2.75, 3.05) is 27.7 Å². The van der Waals surface area contributed by atoms with Crippen LogP contribution in [-0.2, 0) is 29.5 Å². The molecule has 160 valence electrons. The Balaban J connectivity index is 1.73. The molecule has 2 heterocycles. The number of hydrogen-bond donors (Lipinski definition) is 1. The number of rotatable bonds is 7. The lowest BCUT2D eigenvalue weighted by molar-refractivity contribution is 0.367. The normalized spacial score (nSPS) is 17.2. The van der Waals surface area contributed by atoms with Crippen LogP contribution in [0.1, 0.15) is 18.7 Å². The molecular weight excluding hydrogens is 401 g/mol. The monoisotopic (exact) mass is 427 g/mol. The second-order valence-electron chi connectivity index (χ2n) is 7.32. The predicted octanol–water partition coefficient (Wildman–Crippen LogP) is 0.438. The topological polar surface area (TPSA) is 98.5 Å². The van der Waals surface area contributed by atoms with Gasteiger partial charge in [0.2, 0.25) is 10.0 Å². The third-order valence-electron chi connectivity index (χ3n) is 4.91. The van der Waals surface area contributed by atoms with Crippen molar-refractivity contribution in [1.29, 1.82) is 0 Å². The van der Waals surface area contributed by atoms with Gasteiger partial charge in [-0.3, -0.25) is 4.57 Å². The standard InChI is InChI=1S/C18H26FN5O4S/c1-22(2)10-11-24-18(25)23-9-8-14(5-7-17(23)20-24)21-29(26,27)16-12-13(19)4-6-15(16)28-3/h4,6,12,14,21H,5,7-11H2,1-3H3. The molecule has 2 aromatic rings. The first-order valence-corrected chi connectivity index (χ1v) is 10.9. The number of nitrogens with one attached hydrogen (secondary N) is 1. The van der Waals surface area contributed by atoms with E-state index >= 15 is 0 Å². The van der Waals surface area contributed by atoms with Crippen LogP contribution in [0.2, 0.25) is 0 Å². The minimum absolute atomic E-state index is 0.0734. The molecule has 1 aliphatic rings. The maximum Gasteiger partial charge on any atom is 0.345 e. The molecular formula is C18H26FN5O4S. The molecule has 1 unspecified atom stereocenters. The van der Waals surface area contributed by atoms with E-state index in [1.807, 2.05) is 19.0 Å². The van der Waals surface area contributed by atoms with E-state index in [1.165, 1.54) is 17.9 Å². The fourth-order valence-corrected chi connectivity index (χ4v) is 4.82. The molecule has 1 atom stereocenters. The number of ether oxygens (including phenoxy) is 1. The van der Waals surface area contributed by atoms with Gasteiger partial charge in [0.15, 0.2) is 0 Å². The van der Waals surface area contributed by atoms with Crippen molar-refractivity contribution in [1.82, 2.24) is 24.0 Å². The van der Waals surface area contributed by atoms with Gasteiger partial charge in [0.05, 0.1) is 13.7 Å². The van der Waals surface area contributed by atoms with Gasteiger partial charge in [-0.2, -0.15) is 5.10 Å². The van der Waals surface area contributed by atoms with Crippen LogP contribution in [0.5, 0.6) is 5.75 Å². The number of sulfonamides is 1. The molecule has 0 radical (unpaired) electrons. The SMILES string of the molecule is COc1ccc(F)cc1S(=O)(=O)NC1CCc2nn(CCN(C)C)c(=O)n2CC1. The lowest BCUT2D eigenvalue weighted by Crippen LogP contribution is -2.36. The zero-order valence-electron chi connectivity index (χ0n) is 16.8. The molecule has 9 nitrogen and oxygen atoms in total. The van der Waals surface area contributed by atoms with Crippen LogP contribution in [0.4, 0.5) is 4.39 Å². The number of aryl methyl sites for hydroxylation is 1. The summed E-state index contributed by atoms with van der Waals surface area (Å²) in [5, 5.41) is 4.40.